The summed E-state index contributed by atoms with van der Waals surface area (Å²) >= 11 is 0. The molecule has 2 aromatic heterocycles. The molecule has 0 bridgehead atoms. The number of aromatic nitrogens is 3. The van der Waals surface area contributed by atoms with Crippen LogP contribution in [0.4, 0.5) is 5.82 Å². The molecule has 37 heavy (non-hydrogen) atoms. The maximum absolute atomic E-state index is 11.2. The van der Waals surface area contributed by atoms with Crippen LogP contribution in [0.5, 0.6) is 5.75 Å². The molecule has 1 saturated heterocycles. The van der Waals surface area contributed by atoms with E-state index >= 15 is 0 Å². The van der Waals surface area contributed by atoms with Crippen LogP contribution in [0.15, 0.2) is 28.8 Å². The number of hydrogen-bond donors (Lipinski definition) is 1. The predicted molar refractivity (Wildman–Crippen MR) is 143 cm³/mol. The van der Waals surface area contributed by atoms with Gasteiger partial charge in [0.1, 0.15) is 18.2 Å². The highest BCUT2D eigenvalue weighted by molar-refractivity contribution is 5.70. The Hall–Kier alpha value is -3.46. The molecule has 1 fully saturated rings. The number of carboxylic acids is 1. The Morgan fingerprint density at radius 2 is 1.92 bits per heavy atom. The minimum atomic E-state index is -0.712. The summed E-state index contributed by atoms with van der Waals surface area (Å²) in [4.78, 5) is 24.9. The van der Waals surface area contributed by atoms with Gasteiger partial charge in [0.15, 0.2) is 0 Å². The number of hydrogen-bond acceptors (Lipinski definition) is 8. The lowest BCUT2D eigenvalue weighted by Crippen LogP contribution is -2.27. The van der Waals surface area contributed by atoms with E-state index in [0.717, 1.165) is 65.6 Å². The number of ether oxygens (including phenoxy) is 1. The molecule has 3 aromatic rings. The first-order valence-electron chi connectivity index (χ1n) is 13.1. The lowest BCUT2D eigenvalue weighted by Gasteiger charge is -2.20. The Morgan fingerprint density at radius 3 is 2.59 bits per heavy atom. The molecule has 0 aliphatic carbocycles. The molecule has 9 nitrogen and oxygen atoms in total. The summed E-state index contributed by atoms with van der Waals surface area (Å²) in [6, 6.07) is 8.05. The van der Waals surface area contributed by atoms with Crippen LogP contribution in [-0.2, 0) is 11.2 Å². The van der Waals surface area contributed by atoms with Crippen molar-refractivity contribution in [2.45, 2.75) is 47.5 Å². The van der Waals surface area contributed by atoms with Crippen molar-refractivity contribution < 1.29 is 19.2 Å². The average molecular weight is 508 g/mol. The lowest BCUT2D eigenvalue weighted by molar-refractivity contribution is -0.141. The van der Waals surface area contributed by atoms with E-state index in [-0.39, 0.29) is 5.92 Å². The van der Waals surface area contributed by atoms with Crippen LogP contribution in [0.1, 0.15) is 44.0 Å². The SMILES string of the molecule is CCc1cc(-c2noc(-c3cc(C)nc(N(CC)CC)c3)n2)cc(C)c1OCCN1CCC(C(=O)O)C1. The molecule has 198 valence electrons. The molecule has 1 aliphatic heterocycles. The smallest absolute Gasteiger partial charge is 0.307 e. The number of nitrogens with zero attached hydrogens (tertiary/aromatic N) is 5. The monoisotopic (exact) mass is 507 g/mol. The van der Waals surface area contributed by atoms with Gasteiger partial charge in [-0.2, -0.15) is 4.98 Å². The van der Waals surface area contributed by atoms with E-state index in [2.05, 4.69) is 46.8 Å². The van der Waals surface area contributed by atoms with Gasteiger partial charge in [-0.25, -0.2) is 4.98 Å². The maximum Gasteiger partial charge on any atom is 0.307 e. The first kappa shape index (κ1) is 26.6. The van der Waals surface area contributed by atoms with Gasteiger partial charge < -0.3 is 19.3 Å². The van der Waals surface area contributed by atoms with E-state index in [1.807, 2.05) is 32.0 Å². The van der Waals surface area contributed by atoms with E-state index in [1.54, 1.807) is 0 Å². The molecule has 1 aromatic carbocycles. The first-order valence-corrected chi connectivity index (χ1v) is 13.1. The third kappa shape index (κ3) is 6.10. The quantitative estimate of drug-likeness (QED) is 0.398. The molecule has 1 aliphatic rings. The van der Waals surface area contributed by atoms with Crippen molar-refractivity contribution in [2.24, 2.45) is 5.92 Å². The fourth-order valence-electron chi connectivity index (χ4n) is 4.90. The summed E-state index contributed by atoms with van der Waals surface area (Å²) in [5.41, 5.74) is 4.73. The molecule has 0 spiro atoms. The number of likely N-dealkylation sites (tertiary alicyclic amines) is 1. The molecule has 3 heterocycles. The summed E-state index contributed by atoms with van der Waals surface area (Å²) in [5, 5.41) is 13.5. The van der Waals surface area contributed by atoms with Crippen molar-refractivity contribution in [3.8, 4) is 28.6 Å². The van der Waals surface area contributed by atoms with Crippen LogP contribution in [0.2, 0.25) is 0 Å². The average Bonchev–Trinajstić information content (AvgIpc) is 3.56. The van der Waals surface area contributed by atoms with Crippen molar-refractivity contribution in [3.05, 3.63) is 41.1 Å². The van der Waals surface area contributed by atoms with Crippen molar-refractivity contribution in [2.75, 3.05) is 44.2 Å². The third-order valence-corrected chi connectivity index (χ3v) is 6.97. The van der Waals surface area contributed by atoms with Crippen molar-refractivity contribution in [1.29, 1.82) is 0 Å². The number of aliphatic carboxylic acids is 1. The number of carboxylic acid groups (broad SMARTS) is 1. The summed E-state index contributed by atoms with van der Waals surface area (Å²) < 4.78 is 11.9. The molecular weight excluding hydrogens is 470 g/mol. The van der Waals surface area contributed by atoms with Crippen LogP contribution < -0.4 is 9.64 Å². The summed E-state index contributed by atoms with van der Waals surface area (Å²) in [5.74, 6) is 1.80. The number of aryl methyl sites for hydroxylation is 3. The fourth-order valence-corrected chi connectivity index (χ4v) is 4.90. The zero-order valence-electron chi connectivity index (χ0n) is 22.5. The van der Waals surface area contributed by atoms with E-state index in [9.17, 15) is 9.90 Å². The minimum Gasteiger partial charge on any atom is -0.492 e. The summed E-state index contributed by atoms with van der Waals surface area (Å²) in [6.45, 7) is 14.7. The highest BCUT2D eigenvalue weighted by atomic mass is 16.5. The van der Waals surface area contributed by atoms with Crippen molar-refractivity contribution in [3.63, 3.8) is 0 Å². The van der Waals surface area contributed by atoms with Crippen LogP contribution in [-0.4, -0.2) is 70.4 Å². The molecule has 4 rings (SSSR count). The summed E-state index contributed by atoms with van der Waals surface area (Å²) in [7, 11) is 0. The van der Waals surface area contributed by atoms with Gasteiger partial charge in [-0.15, -0.1) is 0 Å². The second-order valence-electron chi connectivity index (χ2n) is 9.56. The normalized spacial score (nSPS) is 15.8. The van der Waals surface area contributed by atoms with E-state index < -0.39 is 5.97 Å². The molecule has 9 heteroatoms. The Bertz CT molecular complexity index is 1240. The fraction of sp³-hybridized carbons (Fsp3) is 0.500. The van der Waals surface area contributed by atoms with Gasteiger partial charge >= 0.3 is 5.97 Å². The van der Waals surface area contributed by atoms with E-state index in [0.29, 0.717) is 37.8 Å². The second kappa shape index (κ2) is 11.7. The lowest BCUT2D eigenvalue weighted by atomic mass is 10.0. The van der Waals surface area contributed by atoms with E-state index in [1.165, 1.54) is 0 Å². The van der Waals surface area contributed by atoms with E-state index in [4.69, 9.17) is 14.2 Å². The number of benzene rings is 1. The van der Waals surface area contributed by atoms with Crippen molar-refractivity contribution in [1.82, 2.24) is 20.0 Å². The van der Waals surface area contributed by atoms with Gasteiger partial charge in [0.05, 0.1) is 5.92 Å². The topological polar surface area (TPSA) is 105 Å². The Balaban J connectivity index is 1.50. The second-order valence-corrected chi connectivity index (χ2v) is 9.56. The molecule has 0 radical (unpaired) electrons. The van der Waals surface area contributed by atoms with Gasteiger partial charge in [0, 0.05) is 43.0 Å². The molecule has 1 unspecified atom stereocenters. The number of anilines is 1. The van der Waals surface area contributed by atoms with Gasteiger partial charge in [-0.3, -0.25) is 9.69 Å². The van der Waals surface area contributed by atoms with Crippen molar-refractivity contribution >= 4 is 11.8 Å². The molecule has 1 atom stereocenters. The first-order chi connectivity index (χ1) is 17.8. The Morgan fingerprint density at radius 1 is 1.14 bits per heavy atom. The molecular formula is C28H37N5O4. The Labute approximate surface area is 218 Å². The highest BCUT2D eigenvalue weighted by Gasteiger charge is 2.27. The summed E-state index contributed by atoms with van der Waals surface area (Å²) in [6.07, 6.45) is 1.50. The van der Waals surface area contributed by atoms with Gasteiger partial charge in [-0.1, -0.05) is 12.1 Å². The number of pyridine rings is 1. The van der Waals surface area contributed by atoms with Crippen LogP contribution >= 0.6 is 0 Å². The standard InChI is InChI=1S/C28H37N5O4/c1-6-20-15-22(13-18(4)25(20)36-12-11-32-10-9-21(17-32)28(34)35)26-30-27(37-31-26)23-14-19(5)29-24(16-23)33(7-2)8-3/h13-16,21H,6-12,17H2,1-5H3,(H,34,35). The molecule has 1 N–H and O–H groups in total. The molecule has 0 saturated carbocycles. The van der Waals surface area contributed by atoms with Crippen LogP contribution in [0, 0.1) is 19.8 Å². The number of carbonyl (C=O) groups is 1. The zero-order valence-corrected chi connectivity index (χ0v) is 22.5. The van der Waals surface area contributed by atoms with Crippen LogP contribution in [0.3, 0.4) is 0 Å². The van der Waals surface area contributed by atoms with Gasteiger partial charge in [-0.05, 0) is 82.5 Å². The highest BCUT2D eigenvalue weighted by Crippen LogP contribution is 2.32. The maximum atomic E-state index is 11.2. The Kier molecular flexibility index (Phi) is 8.43. The third-order valence-electron chi connectivity index (χ3n) is 6.97. The largest absolute Gasteiger partial charge is 0.492 e. The van der Waals surface area contributed by atoms with Gasteiger partial charge in [0.25, 0.3) is 5.89 Å². The number of rotatable bonds is 11. The predicted octanol–water partition coefficient (Wildman–Crippen LogP) is 4.61. The van der Waals surface area contributed by atoms with Gasteiger partial charge in [0.2, 0.25) is 5.82 Å². The minimum absolute atomic E-state index is 0.271. The zero-order chi connectivity index (χ0) is 26.5. The van der Waals surface area contributed by atoms with Crippen LogP contribution in [0.25, 0.3) is 22.8 Å². The molecule has 0 amide bonds.